The van der Waals surface area contributed by atoms with Crippen LogP contribution in [-0.4, -0.2) is 37.5 Å². The Bertz CT molecular complexity index is 494. The molecule has 0 fully saturated rings. The van der Waals surface area contributed by atoms with E-state index in [-0.39, 0.29) is 17.8 Å². The first-order chi connectivity index (χ1) is 8.68. The van der Waals surface area contributed by atoms with Gasteiger partial charge in [0.1, 0.15) is 0 Å². The second-order valence-electron chi connectivity index (χ2n) is 4.25. The largest absolute Gasteiger partial charge is 0.329 e. The molecule has 0 spiro atoms. The molecule has 0 aliphatic carbocycles. The van der Waals surface area contributed by atoms with Crippen LogP contribution in [0.15, 0.2) is 30.3 Å². The van der Waals surface area contributed by atoms with Gasteiger partial charge in [0.2, 0.25) is 0 Å². The van der Waals surface area contributed by atoms with Crippen LogP contribution in [0, 0.1) is 0 Å². The molecule has 0 aliphatic rings. The van der Waals surface area contributed by atoms with Crippen LogP contribution in [0.3, 0.4) is 0 Å². The fourth-order valence-electron chi connectivity index (χ4n) is 1.65. The molecule has 0 saturated heterocycles. The van der Waals surface area contributed by atoms with E-state index in [1.165, 1.54) is 0 Å². The van der Waals surface area contributed by atoms with Crippen LogP contribution in [0.5, 0.6) is 0 Å². The van der Waals surface area contributed by atoms with Crippen LogP contribution >= 0.6 is 0 Å². The third-order valence-electron chi connectivity index (χ3n) is 2.62. The maximum absolute atomic E-state index is 12.2. The van der Waals surface area contributed by atoms with Gasteiger partial charge in [-0.3, -0.25) is 4.79 Å². The molecule has 18 heavy (non-hydrogen) atoms. The van der Waals surface area contributed by atoms with Gasteiger partial charge >= 0.3 is 0 Å². The topological polar surface area (TPSA) is 74.8 Å². The molecule has 1 N–H and O–H groups in total. The molecule has 0 aliphatic heterocycles. The lowest BCUT2D eigenvalue weighted by Crippen LogP contribution is -2.37. The second kappa shape index (κ2) is 5.39. The number of carbonyl (C=O) groups excluding carboxylic acids is 1. The summed E-state index contributed by atoms with van der Waals surface area (Å²) < 4.78 is 0. The first-order valence-corrected chi connectivity index (χ1v) is 5.77. The van der Waals surface area contributed by atoms with Gasteiger partial charge in [-0.25, -0.2) is 0 Å². The van der Waals surface area contributed by atoms with Crippen LogP contribution in [0.1, 0.15) is 30.0 Å². The number of nitrogens with zero attached hydrogens (tertiary/aromatic N) is 4. The SMILES string of the molecule is CC(C)N(Cc1ccccc1)C(=O)c1nn[nH]n1. The van der Waals surface area contributed by atoms with Crippen molar-refractivity contribution < 1.29 is 4.79 Å². The molecule has 94 valence electrons. The van der Waals surface area contributed by atoms with Crippen molar-refractivity contribution in [2.45, 2.75) is 26.4 Å². The third-order valence-corrected chi connectivity index (χ3v) is 2.62. The van der Waals surface area contributed by atoms with E-state index in [4.69, 9.17) is 0 Å². The van der Waals surface area contributed by atoms with Gasteiger partial charge in [0.05, 0.1) is 0 Å². The summed E-state index contributed by atoms with van der Waals surface area (Å²) in [5.41, 5.74) is 1.07. The summed E-state index contributed by atoms with van der Waals surface area (Å²) in [6.07, 6.45) is 0. The number of hydrogen-bond acceptors (Lipinski definition) is 4. The molecule has 0 atom stereocenters. The Hall–Kier alpha value is -2.24. The number of rotatable bonds is 4. The van der Waals surface area contributed by atoms with E-state index in [0.717, 1.165) is 5.56 Å². The Morgan fingerprint density at radius 2 is 2.06 bits per heavy atom. The lowest BCUT2D eigenvalue weighted by atomic mass is 10.2. The highest BCUT2D eigenvalue weighted by Crippen LogP contribution is 2.10. The maximum atomic E-state index is 12.2. The zero-order chi connectivity index (χ0) is 13.0. The highest BCUT2D eigenvalue weighted by molar-refractivity contribution is 5.90. The van der Waals surface area contributed by atoms with Crippen molar-refractivity contribution in [1.82, 2.24) is 25.5 Å². The summed E-state index contributed by atoms with van der Waals surface area (Å²) in [4.78, 5) is 13.9. The predicted octanol–water partition coefficient (Wildman–Crippen LogP) is 1.25. The molecule has 0 bridgehead atoms. The maximum Gasteiger partial charge on any atom is 0.295 e. The fraction of sp³-hybridized carbons (Fsp3) is 0.333. The van der Waals surface area contributed by atoms with Crippen molar-refractivity contribution in [3.05, 3.63) is 41.7 Å². The molecule has 0 unspecified atom stereocenters. The minimum Gasteiger partial charge on any atom is -0.329 e. The van der Waals surface area contributed by atoms with Crippen molar-refractivity contribution in [2.75, 3.05) is 0 Å². The van der Waals surface area contributed by atoms with E-state index < -0.39 is 0 Å². The normalized spacial score (nSPS) is 10.6. The van der Waals surface area contributed by atoms with Gasteiger partial charge < -0.3 is 4.90 Å². The van der Waals surface area contributed by atoms with Crippen molar-refractivity contribution in [3.8, 4) is 0 Å². The van der Waals surface area contributed by atoms with Gasteiger partial charge in [-0.05, 0) is 24.6 Å². The monoisotopic (exact) mass is 245 g/mol. The number of amides is 1. The quantitative estimate of drug-likeness (QED) is 0.879. The van der Waals surface area contributed by atoms with E-state index in [2.05, 4.69) is 20.6 Å². The Balaban J connectivity index is 2.17. The number of nitrogens with one attached hydrogen (secondary N) is 1. The molecule has 1 amide bonds. The van der Waals surface area contributed by atoms with E-state index in [9.17, 15) is 4.79 Å². The minimum atomic E-state index is -0.220. The number of aromatic amines is 1. The van der Waals surface area contributed by atoms with Crippen molar-refractivity contribution in [3.63, 3.8) is 0 Å². The number of hydrogen-bond donors (Lipinski definition) is 1. The molecule has 2 aromatic rings. The molecule has 6 nitrogen and oxygen atoms in total. The van der Waals surface area contributed by atoms with Gasteiger partial charge in [-0.15, -0.1) is 10.2 Å². The Morgan fingerprint density at radius 1 is 1.33 bits per heavy atom. The third kappa shape index (κ3) is 2.71. The number of H-pyrrole nitrogens is 1. The molecule has 0 saturated carbocycles. The minimum absolute atomic E-state index is 0.0659. The van der Waals surface area contributed by atoms with Crippen molar-refractivity contribution >= 4 is 5.91 Å². The first kappa shape index (κ1) is 12.2. The smallest absolute Gasteiger partial charge is 0.295 e. The summed E-state index contributed by atoms with van der Waals surface area (Å²) in [7, 11) is 0. The molecule has 2 rings (SSSR count). The number of benzene rings is 1. The molecular formula is C12H15N5O. The molecule has 1 aromatic carbocycles. The second-order valence-corrected chi connectivity index (χ2v) is 4.25. The van der Waals surface area contributed by atoms with Gasteiger partial charge in [0, 0.05) is 12.6 Å². The molecule has 6 heteroatoms. The summed E-state index contributed by atoms with van der Waals surface area (Å²) >= 11 is 0. The van der Waals surface area contributed by atoms with Crippen LogP contribution in [-0.2, 0) is 6.54 Å². The van der Waals surface area contributed by atoms with E-state index in [1.54, 1.807) is 4.90 Å². The summed E-state index contributed by atoms with van der Waals surface area (Å²) in [6.45, 7) is 4.45. The summed E-state index contributed by atoms with van der Waals surface area (Å²) in [5, 5.41) is 13.1. The fourth-order valence-corrected chi connectivity index (χ4v) is 1.65. The van der Waals surface area contributed by atoms with E-state index >= 15 is 0 Å². The van der Waals surface area contributed by atoms with E-state index in [1.807, 2.05) is 44.2 Å². The van der Waals surface area contributed by atoms with Crippen LogP contribution in [0.25, 0.3) is 0 Å². The van der Waals surface area contributed by atoms with Gasteiger partial charge in [-0.2, -0.15) is 5.21 Å². The lowest BCUT2D eigenvalue weighted by molar-refractivity contribution is 0.0677. The Labute approximate surface area is 105 Å². The standard InChI is InChI=1S/C12H15N5O/c1-9(2)17(8-10-6-4-3-5-7-10)12(18)11-13-15-16-14-11/h3-7,9H,8H2,1-2H3,(H,13,14,15,16). The van der Waals surface area contributed by atoms with Crippen molar-refractivity contribution in [1.29, 1.82) is 0 Å². The summed E-state index contributed by atoms with van der Waals surface area (Å²) in [5.74, 6) is -0.123. The zero-order valence-corrected chi connectivity index (χ0v) is 10.4. The van der Waals surface area contributed by atoms with Crippen LogP contribution in [0.4, 0.5) is 0 Å². The number of tetrazole rings is 1. The van der Waals surface area contributed by atoms with Gasteiger partial charge in [0.15, 0.2) is 0 Å². The summed E-state index contributed by atoms with van der Waals surface area (Å²) in [6, 6.07) is 9.89. The molecule has 0 radical (unpaired) electrons. The highest BCUT2D eigenvalue weighted by Gasteiger charge is 2.22. The van der Waals surface area contributed by atoms with E-state index in [0.29, 0.717) is 6.54 Å². The van der Waals surface area contributed by atoms with Crippen LogP contribution < -0.4 is 0 Å². The average Bonchev–Trinajstić information content (AvgIpc) is 2.90. The van der Waals surface area contributed by atoms with Gasteiger partial charge in [0.25, 0.3) is 11.7 Å². The average molecular weight is 245 g/mol. The highest BCUT2D eigenvalue weighted by atomic mass is 16.2. The zero-order valence-electron chi connectivity index (χ0n) is 10.4. The lowest BCUT2D eigenvalue weighted by Gasteiger charge is -2.25. The van der Waals surface area contributed by atoms with Gasteiger partial charge in [-0.1, -0.05) is 30.3 Å². The number of aromatic nitrogens is 4. The first-order valence-electron chi connectivity index (χ1n) is 5.77. The van der Waals surface area contributed by atoms with Crippen LogP contribution in [0.2, 0.25) is 0 Å². The van der Waals surface area contributed by atoms with Crippen molar-refractivity contribution in [2.24, 2.45) is 0 Å². The Morgan fingerprint density at radius 3 is 2.61 bits per heavy atom. The molecule has 1 heterocycles. The predicted molar refractivity (Wildman–Crippen MR) is 65.6 cm³/mol. The molecular weight excluding hydrogens is 230 g/mol. The Kier molecular flexibility index (Phi) is 3.66. The number of carbonyl (C=O) groups is 1. The molecule has 1 aromatic heterocycles.